The number of imidazole rings is 1. The summed E-state index contributed by atoms with van der Waals surface area (Å²) in [5.41, 5.74) is 2.73. The topological polar surface area (TPSA) is 116 Å². The van der Waals surface area contributed by atoms with Crippen LogP contribution in [0, 0.1) is 0 Å². The van der Waals surface area contributed by atoms with Crippen LogP contribution in [-0.4, -0.2) is 81.7 Å². The van der Waals surface area contributed by atoms with Gasteiger partial charge in [0.1, 0.15) is 11.9 Å². The van der Waals surface area contributed by atoms with E-state index >= 15 is 0 Å². The van der Waals surface area contributed by atoms with Crippen LogP contribution < -0.4 is 16.0 Å². The van der Waals surface area contributed by atoms with Gasteiger partial charge in [-0.2, -0.15) is 0 Å². The Morgan fingerprint density at radius 2 is 2.12 bits per heavy atom. The van der Waals surface area contributed by atoms with Gasteiger partial charge in [-0.3, -0.25) is 0 Å². The van der Waals surface area contributed by atoms with Crippen molar-refractivity contribution >= 4 is 23.2 Å². The number of hydrogen-bond donors (Lipinski definition) is 4. The van der Waals surface area contributed by atoms with Crippen molar-refractivity contribution in [2.24, 2.45) is 0 Å². The molecule has 1 amide bonds. The van der Waals surface area contributed by atoms with Crippen molar-refractivity contribution in [2.45, 2.75) is 70.6 Å². The average Bonchev–Trinajstić information content (AvgIpc) is 3.48. The molecule has 0 spiro atoms. The monoisotopic (exact) mass is 459 g/mol. The van der Waals surface area contributed by atoms with Gasteiger partial charge >= 0.3 is 6.09 Å². The zero-order valence-corrected chi connectivity index (χ0v) is 19.9. The van der Waals surface area contributed by atoms with Gasteiger partial charge in [-0.25, -0.2) is 14.3 Å². The van der Waals surface area contributed by atoms with Gasteiger partial charge in [-0.1, -0.05) is 20.8 Å². The number of carbonyl (C=O) groups is 1. The normalized spacial score (nSPS) is 20.4. The highest BCUT2D eigenvalue weighted by Crippen LogP contribution is 2.26. The van der Waals surface area contributed by atoms with Gasteiger partial charge in [0.05, 0.1) is 30.2 Å². The fourth-order valence-corrected chi connectivity index (χ4v) is 4.41. The summed E-state index contributed by atoms with van der Waals surface area (Å²) < 4.78 is 7.51. The van der Waals surface area contributed by atoms with Gasteiger partial charge in [0, 0.05) is 31.7 Å². The lowest BCUT2D eigenvalue weighted by Gasteiger charge is -2.33. The van der Waals surface area contributed by atoms with Gasteiger partial charge < -0.3 is 30.7 Å². The number of aromatic nitrogens is 3. The fraction of sp³-hybridized carbons (Fsp3) is 0.696. The molecule has 182 valence electrons. The Hall–Kier alpha value is -2.59. The molecule has 0 radical (unpaired) electrons. The third kappa shape index (κ3) is 5.50. The number of aliphatic hydroxyl groups excluding tert-OH is 1. The molecular formula is C23H37N7O3. The number of amides is 1. The third-order valence-electron chi connectivity index (χ3n) is 6.55. The lowest BCUT2D eigenvalue weighted by atomic mass is 10.1. The molecule has 2 aliphatic rings. The second-order valence-electron chi connectivity index (χ2n) is 9.35. The molecule has 4 rings (SSSR count). The van der Waals surface area contributed by atoms with Gasteiger partial charge in [-0.05, 0) is 38.1 Å². The van der Waals surface area contributed by atoms with Gasteiger partial charge in [0.2, 0.25) is 0 Å². The van der Waals surface area contributed by atoms with Crippen molar-refractivity contribution in [1.29, 1.82) is 0 Å². The minimum atomic E-state index is -0.204. The first kappa shape index (κ1) is 23.6. The number of hydrogen-bond acceptors (Lipinski definition) is 8. The molecule has 0 saturated carbocycles. The Bertz CT molecular complexity index is 930. The standard InChI is InChI=1S/C23H37N7O3/c1-4-16(14-31)27-21-11-19(22-25-13-20(15(2)3)30(22)28-21)26-17-6-9-29(10-7-17)23(32)33-18-5-8-24-12-18/h11,13,15-18,24,26,31H,4-10,12,14H2,1-3H3,(H,27,28)/t16-,18+/m1/s1. The Morgan fingerprint density at radius 1 is 1.33 bits per heavy atom. The molecular weight excluding hydrogens is 422 g/mol. The van der Waals surface area contributed by atoms with E-state index in [-0.39, 0.29) is 36.8 Å². The predicted molar refractivity (Wildman–Crippen MR) is 128 cm³/mol. The molecule has 4 heterocycles. The van der Waals surface area contributed by atoms with E-state index in [2.05, 4.69) is 34.8 Å². The first-order valence-electron chi connectivity index (χ1n) is 12.2. The molecule has 0 aliphatic carbocycles. The summed E-state index contributed by atoms with van der Waals surface area (Å²) >= 11 is 0. The van der Waals surface area contributed by atoms with E-state index in [0.717, 1.165) is 55.8 Å². The molecule has 2 aromatic heterocycles. The molecule has 10 nitrogen and oxygen atoms in total. The van der Waals surface area contributed by atoms with Crippen LogP contribution in [0.15, 0.2) is 12.3 Å². The van der Waals surface area contributed by atoms with Gasteiger partial charge in [0.15, 0.2) is 5.65 Å². The highest BCUT2D eigenvalue weighted by atomic mass is 16.6. The lowest BCUT2D eigenvalue weighted by Crippen LogP contribution is -2.43. The molecule has 2 fully saturated rings. The number of piperidine rings is 1. The van der Waals surface area contributed by atoms with E-state index in [9.17, 15) is 9.90 Å². The van der Waals surface area contributed by atoms with Crippen LogP contribution in [0.3, 0.4) is 0 Å². The summed E-state index contributed by atoms with van der Waals surface area (Å²) in [7, 11) is 0. The van der Waals surface area contributed by atoms with Crippen LogP contribution >= 0.6 is 0 Å². The Morgan fingerprint density at radius 3 is 2.76 bits per heavy atom. The second kappa shape index (κ2) is 10.6. The van der Waals surface area contributed by atoms with Crippen molar-refractivity contribution in [1.82, 2.24) is 24.8 Å². The molecule has 2 aromatic rings. The highest BCUT2D eigenvalue weighted by molar-refractivity contribution is 5.71. The quantitative estimate of drug-likeness (QED) is 0.476. The number of aliphatic hydroxyl groups is 1. The second-order valence-corrected chi connectivity index (χ2v) is 9.35. The Labute approximate surface area is 195 Å². The number of fused-ring (bicyclic) bond motifs is 1. The maximum atomic E-state index is 12.5. The Balaban J connectivity index is 1.45. The summed E-state index contributed by atoms with van der Waals surface area (Å²) in [5, 5.41) is 24.6. The van der Waals surface area contributed by atoms with Crippen molar-refractivity contribution in [2.75, 3.05) is 43.4 Å². The number of rotatable bonds is 8. The number of nitrogens with one attached hydrogen (secondary N) is 3. The number of carbonyl (C=O) groups excluding carboxylic acids is 1. The zero-order chi connectivity index (χ0) is 23.4. The molecule has 33 heavy (non-hydrogen) atoms. The molecule has 2 atom stereocenters. The summed E-state index contributed by atoms with van der Waals surface area (Å²) in [6.45, 7) is 9.31. The lowest BCUT2D eigenvalue weighted by molar-refractivity contribution is 0.0641. The number of likely N-dealkylation sites (tertiary alicyclic amines) is 1. The summed E-state index contributed by atoms with van der Waals surface area (Å²) in [4.78, 5) is 18.9. The first-order chi connectivity index (χ1) is 16.0. The average molecular weight is 460 g/mol. The van der Waals surface area contributed by atoms with Crippen LogP contribution in [0.4, 0.5) is 16.3 Å². The summed E-state index contributed by atoms with van der Waals surface area (Å²) in [5.74, 6) is 0.983. The van der Waals surface area contributed by atoms with E-state index in [0.29, 0.717) is 18.9 Å². The van der Waals surface area contributed by atoms with Crippen LogP contribution in [0.2, 0.25) is 0 Å². The first-order valence-corrected chi connectivity index (χ1v) is 12.2. The number of anilines is 2. The van der Waals surface area contributed by atoms with Crippen LogP contribution in [0.1, 0.15) is 58.1 Å². The minimum Gasteiger partial charge on any atom is -0.445 e. The van der Waals surface area contributed by atoms with Crippen LogP contribution in [0.25, 0.3) is 5.65 Å². The minimum absolute atomic E-state index is 0.00849. The summed E-state index contributed by atoms with van der Waals surface area (Å²) in [6.07, 6.45) is 5.02. The SMILES string of the molecule is CC[C@H](CO)Nc1cc(NC2CCN(C(=O)O[C@H]3CCNC3)CC2)c2ncc(C(C)C)n2n1. The van der Waals surface area contributed by atoms with Gasteiger partial charge in [-0.15, -0.1) is 5.10 Å². The zero-order valence-electron chi connectivity index (χ0n) is 19.9. The van der Waals surface area contributed by atoms with Crippen molar-refractivity contribution in [3.8, 4) is 0 Å². The molecule has 0 aromatic carbocycles. The largest absolute Gasteiger partial charge is 0.445 e. The van der Waals surface area contributed by atoms with Crippen molar-refractivity contribution in [3.63, 3.8) is 0 Å². The maximum absolute atomic E-state index is 12.5. The number of nitrogens with zero attached hydrogens (tertiary/aromatic N) is 4. The van der Waals surface area contributed by atoms with E-state index < -0.39 is 0 Å². The van der Waals surface area contributed by atoms with Gasteiger partial charge in [0.25, 0.3) is 0 Å². The third-order valence-corrected chi connectivity index (χ3v) is 6.55. The molecule has 0 unspecified atom stereocenters. The van der Waals surface area contributed by atoms with E-state index in [1.54, 1.807) is 0 Å². The van der Waals surface area contributed by atoms with E-state index in [1.165, 1.54) is 0 Å². The molecule has 10 heteroatoms. The van der Waals surface area contributed by atoms with E-state index in [4.69, 9.17) is 9.84 Å². The van der Waals surface area contributed by atoms with Crippen LogP contribution in [0.5, 0.6) is 0 Å². The molecule has 0 bridgehead atoms. The summed E-state index contributed by atoms with van der Waals surface area (Å²) in [6, 6.07) is 2.14. The van der Waals surface area contributed by atoms with Crippen molar-refractivity contribution in [3.05, 3.63) is 18.0 Å². The number of ether oxygens (including phenoxy) is 1. The fourth-order valence-electron chi connectivity index (χ4n) is 4.41. The predicted octanol–water partition coefficient (Wildman–Crippen LogP) is 2.41. The van der Waals surface area contributed by atoms with Crippen molar-refractivity contribution < 1.29 is 14.6 Å². The molecule has 2 aliphatic heterocycles. The van der Waals surface area contributed by atoms with Crippen LogP contribution in [-0.2, 0) is 4.74 Å². The Kier molecular flexibility index (Phi) is 7.54. The molecule has 4 N–H and O–H groups in total. The maximum Gasteiger partial charge on any atom is 0.410 e. The van der Waals surface area contributed by atoms with E-state index in [1.807, 2.05) is 28.6 Å². The smallest absolute Gasteiger partial charge is 0.410 e. The molecule has 2 saturated heterocycles. The highest BCUT2D eigenvalue weighted by Gasteiger charge is 2.27.